The lowest BCUT2D eigenvalue weighted by molar-refractivity contribution is -0.929. The van der Waals surface area contributed by atoms with Gasteiger partial charge in [-0.15, -0.1) is 0 Å². The molecule has 1 heterocycles. The van der Waals surface area contributed by atoms with Crippen LogP contribution in [0.5, 0.6) is 0 Å². The second-order valence-electron chi connectivity index (χ2n) is 7.16. The summed E-state index contributed by atoms with van der Waals surface area (Å²) in [4.78, 5) is 3.95. The first-order valence-corrected chi connectivity index (χ1v) is 10.1. The fourth-order valence-corrected chi connectivity index (χ4v) is 4.03. The van der Waals surface area contributed by atoms with Gasteiger partial charge < -0.3 is 15.1 Å². The van der Waals surface area contributed by atoms with Crippen LogP contribution in [0, 0.1) is 0 Å². The second kappa shape index (κ2) is 9.15. The van der Waals surface area contributed by atoms with Gasteiger partial charge in [0.1, 0.15) is 6.04 Å². The Kier molecular flexibility index (Phi) is 6.64. The summed E-state index contributed by atoms with van der Waals surface area (Å²) in [6.07, 6.45) is 1.09. The molecule has 0 aromatic heterocycles. The molecule has 2 aromatic carbocycles. The molecule has 2 aromatic rings. The van der Waals surface area contributed by atoms with Crippen LogP contribution in [0.4, 0.5) is 0 Å². The molecule has 1 saturated heterocycles. The number of nitrogens with zero attached hydrogens (tertiary/aromatic N) is 1. The Balaban J connectivity index is 1.71. The number of piperazine rings is 1. The number of nitrogens with one attached hydrogen (secondary N) is 2. The highest BCUT2D eigenvalue weighted by atomic mass is 32.1. The van der Waals surface area contributed by atoms with Crippen molar-refractivity contribution in [3.05, 3.63) is 71.8 Å². The fourth-order valence-electron chi connectivity index (χ4n) is 3.64. The molecule has 0 radical (unpaired) electrons. The van der Waals surface area contributed by atoms with Gasteiger partial charge in [-0.05, 0) is 25.6 Å². The van der Waals surface area contributed by atoms with Crippen molar-refractivity contribution in [1.82, 2.24) is 10.2 Å². The molecule has 138 valence electrons. The van der Waals surface area contributed by atoms with Crippen LogP contribution >= 0.6 is 12.2 Å². The standard InChI is InChI=1S/C22H29N3S/c1-3-18(2)23-22(26)25-16-14-24(15-17-25)21(19-10-6-4-7-11-19)20-12-8-5-9-13-20/h4-13,18,21H,3,14-17H2,1-2H3,(H,23,26)/p+1/t18-/m0/s1. The van der Waals surface area contributed by atoms with E-state index < -0.39 is 0 Å². The maximum absolute atomic E-state index is 5.61. The highest BCUT2D eigenvalue weighted by molar-refractivity contribution is 7.80. The van der Waals surface area contributed by atoms with Gasteiger partial charge in [0, 0.05) is 17.2 Å². The number of hydrogen-bond donors (Lipinski definition) is 2. The molecule has 1 atom stereocenters. The first-order valence-electron chi connectivity index (χ1n) is 9.69. The summed E-state index contributed by atoms with van der Waals surface area (Å²) in [6.45, 7) is 8.58. The fraction of sp³-hybridized carbons (Fsp3) is 0.409. The summed E-state index contributed by atoms with van der Waals surface area (Å²) >= 11 is 5.61. The Bertz CT molecular complexity index is 642. The van der Waals surface area contributed by atoms with E-state index in [1.807, 2.05) is 0 Å². The van der Waals surface area contributed by atoms with Crippen LogP contribution in [0.1, 0.15) is 37.4 Å². The molecule has 26 heavy (non-hydrogen) atoms. The first-order chi connectivity index (χ1) is 12.7. The van der Waals surface area contributed by atoms with Crippen molar-refractivity contribution in [3.63, 3.8) is 0 Å². The normalized spacial score (nSPS) is 16.5. The lowest BCUT2D eigenvalue weighted by Gasteiger charge is -2.38. The Morgan fingerprint density at radius 2 is 1.50 bits per heavy atom. The minimum Gasteiger partial charge on any atom is -0.360 e. The summed E-state index contributed by atoms with van der Waals surface area (Å²) < 4.78 is 0. The number of thiocarbonyl (C=S) groups is 1. The third-order valence-corrected chi connectivity index (χ3v) is 5.73. The molecule has 1 aliphatic rings. The molecule has 0 spiro atoms. The molecule has 0 unspecified atom stereocenters. The molecule has 0 aliphatic carbocycles. The average Bonchev–Trinajstić information content (AvgIpc) is 2.70. The molecule has 4 heteroatoms. The Morgan fingerprint density at radius 3 is 1.96 bits per heavy atom. The zero-order chi connectivity index (χ0) is 18.4. The van der Waals surface area contributed by atoms with E-state index in [0.717, 1.165) is 37.7 Å². The van der Waals surface area contributed by atoms with Gasteiger partial charge in [0.05, 0.1) is 26.2 Å². The van der Waals surface area contributed by atoms with Crippen LogP contribution in [0.3, 0.4) is 0 Å². The number of benzene rings is 2. The lowest BCUT2D eigenvalue weighted by Crippen LogP contribution is -3.15. The van der Waals surface area contributed by atoms with E-state index in [4.69, 9.17) is 12.2 Å². The van der Waals surface area contributed by atoms with Crippen molar-refractivity contribution < 1.29 is 4.90 Å². The highest BCUT2D eigenvalue weighted by Gasteiger charge is 2.30. The van der Waals surface area contributed by atoms with Crippen LogP contribution < -0.4 is 10.2 Å². The van der Waals surface area contributed by atoms with E-state index >= 15 is 0 Å². The molecule has 0 amide bonds. The zero-order valence-corrected chi connectivity index (χ0v) is 16.6. The molecule has 0 saturated carbocycles. The van der Waals surface area contributed by atoms with E-state index in [1.165, 1.54) is 11.1 Å². The molecule has 1 fully saturated rings. The summed E-state index contributed by atoms with van der Waals surface area (Å²) in [5, 5.41) is 4.37. The smallest absolute Gasteiger partial charge is 0.169 e. The van der Waals surface area contributed by atoms with E-state index in [-0.39, 0.29) is 0 Å². The largest absolute Gasteiger partial charge is 0.360 e. The number of rotatable bonds is 5. The van der Waals surface area contributed by atoms with E-state index in [2.05, 4.69) is 84.7 Å². The highest BCUT2D eigenvalue weighted by Crippen LogP contribution is 2.19. The lowest BCUT2D eigenvalue weighted by atomic mass is 9.96. The summed E-state index contributed by atoms with van der Waals surface area (Å²) in [7, 11) is 0. The molecule has 1 aliphatic heterocycles. The first kappa shape index (κ1) is 18.9. The van der Waals surface area contributed by atoms with Gasteiger partial charge in [-0.2, -0.15) is 0 Å². The minimum absolute atomic E-state index is 0.385. The van der Waals surface area contributed by atoms with Crippen LogP contribution in [-0.4, -0.2) is 42.2 Å². The van der Waals surface area contributed by atoms with Crippen molar-refractivity contribution in [2.24, 2.45) is 0 Å². The summed E-state index contributed by atoms with van der Waals surface area (Å²) in [6, 6.07) is 22.6. The molecule has 3 rings (SSSR count). The monoisotopic (exact) mass is 368 g/mol. The van der Waals surface area contributed by atoms with Crippen molar-refractivity contribution >= 4 is 17.3 Å². The summed E-state index contributed by atoms with van der Waals surface area (Å²) in [5.41, 5.74) is 2.78. The number of quaternary nitrogens is 1. The van der Waals surface area contributed by atoms with Crippen molar-refractivity contribution in [2.45, 2.75) is 32.4 Å². The zero-order valence-electron chi connectivity index (χ0n) is 15.8. The predicted octanol–water partition coefficient (Wildman–Crippen LogP) is 2.65. The Morgan fingerprint density at radius 1 is 1.00 bits per heavy atom. The quantitative estimate of drug-likeness (QED) is 0.792. The summed E-state index contributed by atoms with van der Waals surface area (Å²) in [5.74, 6) is 0. The van der Waals surface area contributed by atoms with E-state index in [1.54, 1.807) is 4.90 Å². The molecule has 3 nitrogen and oxygen atoms in total. The molecular weight excluding hydrogens is 338 g/mol. The predicted molar refractivity (Wildman–Crippen MR) is 112 cm³/mol. The maximum Gasteiger partial charge on any atom is 0.169 e. The van der Waals surface area contributed by atoms with Crippen molar-refractivity contribution in [2.75, 3.05) is 26.2 Å². The van der Waals surface area contributed by atoms with E-state index in [0.29, 0.717) is 12.1 Å². The third kappa shape index (κ3) is 4.63. The Hall–Kier alpha value is -1.91. The van der Waals surface area contributed by atoms with Crippen LogP contribution in [0.2, 0.25) is 0 Å². The van der Waals surface area contributed by atoms with Crippen molar-refractivity contribution in [1.29, 1.82) is 0 Å². The number of hydrogen-bond acceptors (Lipinski definition) is 1. The minimum atomic E-state index is 0.385. The van der Waals surface area contributed by atoms with Crippen LogP contribution in [0.15, 0.2) is 60.7 Å². The van der Waals surface area contributed by atoms with Gasteiger partial charge in [0.25, 0.3) is 0 Å². The van der Waals surface area contributed by atoms with Crippen LogP contribution in [0.25, 0.3) is 0 Å². The average molecular weight is 369 g/mol. The van der Waals surface area contributed by atoms with Gasteiger partial charge in [0.2, 0.25) is 0 Å². The molecule has 0 bridgehead atoms. The van der Waals surface area contributed by atoms with E-state index in [9.17, 15) is 0 Å². The maximum atomic E-state index is 5.61. The van der Waals surface area contributed by atoms with Gasteiger partial charge in [-0.3, -0.25) is 0 Å². The second-order valence-corrected chi connectivity index (χ2v) is 7.55. The topological polar surface area (TPSA) is 19.7 Å². The van der Waals surface area contributed by atoms with Gasteiger partial charge in [-0.1, -0.05) is 67.6 Å². The van der Waals surface area contributed by atoms with Crippen LogP contribution in [-0.2, 0) is 0 Å². The molecular formula is C22H30N3S+. The Labute approximate surface area is 163 Å². The SMILES string of the molecule is CC[C@H](C)NC(=S)N1CC[NH+](C(c2ccccc2)c2ccccc2)CC1. The third-order valence-electron chi connectivity index (χ3n) is 5.35. The molecule has 2 N–H and O–H groups in total. The van der Waals surface area contributed by atoms with Gasteiger partial charge >= 0.3 is 0 Å². The van der Waals surface area contributed by atoms with Gasteiger partial charge in [-0.25, -0.2) is 0 Å². The van der Waals surface area contributed by atoms with Gasteiger partial charge in [0.15, 0.2) is 5.11 Å². The van der Waals surface area contributed by atoms with Crippen molar-refractivity contribution in [3.8, 4) is 0 Å².